The molecule has 0 aliphatic carbocycles. The number of fused-ring (bicyclic) bond motifs is 3. The Morgan fingerprint density at radius 3 is 2.65 bits per heavy atom. The molecule has 3 aromatic carbocycles. The third-order valence-corrected chi connectivity index (χ3v) is 4.42. The molecular formula is C21H20O2. The third-order valence-electron chi connectivity index (χ3n) is 4.42. The lowest BCUT2D eigenvalue weighted by atomic mass is 9.91. The molecule has 1 aliphatic heterocycles. The summed E-state index contributed by atoms with van der Waals surface area (Å²) in [5, 5.41) is 2.56. The molecule has 2 nitrogen and oxygen atoms in total. The van der Waals surface area contributed by atoms with Gasteiger partial charge in [0.25, 0.3) is 0 Å². The van der Waals surface area contributed by atoms with Gasteiger partial charge in [-0.25, -0.2) is 0 Å². The number of aryl methyl sites for hydroxylation is 1. The van der Waals surface area contributed by atoms with E-state index in [2.05, 4.69) is 54.6 Å². The predicted molar refractivity (Wildman–Crippen MR) is 93.7 cm³/mol. The van der Waals surface area contributed by atoms with Gasteiger partial charge in [0.05, 0.1) is 0 Å². The number of rotatable bonds is 3. The van der Waals surface area contributed by atoms with Gasteiger partial charge in [-0.15, -0.1) is 0 Å². The molecule has 0 amide bonds. The highest BCUT2D eigenvalue weighted by Gasteiger charge is 2.25. The fourth-order valence-electron chi connectivity index (χ4n) is 3.37. The van der Waals surface area contributed by atoms with E-state index in [0.717, 1.165) is 24.2 Å². The smallest absolute Gasteiger partial charge is 0.200 e. The Hall–Kier alpha value is -2.32. The van der Waals surface area contributed by atoms with Gasteiger partial charge in [0.15, 0.2) is 6.29 Å². The lowest BCUT2D eigenvalue weighted by Crippen LogP contribution is -2.26. The van der Waals surface area contributed by atoms with E-state index in [1.165, 1.54) is 21.9 Å². The number of hydrogen-bond acceptors (Lipinski definition) is 2. The van der Waals surface area contributed by atoms with Crippen molar-refractivity contribution in [2.24, 2.45) is 0 Å². The highest BCUT2D eigenvalue weighted by Crippen LogP contribution is 2.42. The molecule has 0 saturated carbocycles. The second-order valence-electron chi connectivity index (χ2n) is 5.86. The lowest BCUT2D eigenvalue weighted by Gasteiger charge is -2.29. The number of hydrogen-bond donors (Lipinski definition) is 0. The van der Waals surface area contributed by atoms with Gasteiger partial charge in [-0.05, 0) is 35.7 Å². The van der Waals surface area contributed by atoms with Crippen LogP contribution in [0.4, 0.5) is 0 Å². The van der Waals surface area contributed by atoms with Crippen LogP contribution in [-0.2, 0) is 11.2 Å². The van der Waals surface area contributed by atoms with Gasteiger partial charge < -0.3 is 9.47 Å². The molecule has 1 unspecified atom stereocenters. The predicted octanol–water partition coefficient (Wildman–Crippen LogP) is 5.19. The molecule has 1 aliphatic rings. The number of benzene rings is 3. The van der Waals surface area contributed by atoms with Gasteiger partial charge in [-0.3, -0.25) is 0 Å². The molecule has 0 bridgehead atoms. The first-order valence-corrected chi connectivity index (χ1v) is 8.25. The van der Waals surface area contributed by atoms with Gasteiger partial charge >= 0.3 is 0 Å². The highest BCUT2D eigenvalue weighted by atomic mass is 16.7. The molecular weight excluding hydrogens is 284 g/mol. The van der Waals surface area contributed by atoms with E-state index < -0.39 is 0 Å². The maximum atomic E-state index is 6.24. The summed E-state index contributed by atoms with van der Waals surface area (Å²) in [6.07, 6.45) is 1.75. The summed E-state index contributed by atoms with van der Waals surface area (Å²) in [6, 6.07) is 21.2. The van der Waals surface area contributed by atoms with Gasteiger partial charge in [-0.2, -0.15) is 0 Å². The van der Waals surface area contributed by atoms with Crippen LogP contribution < -0.4 is 4.74 Å². The van der Waals surface area contributed by atoms with Crippen LogP contribution in [0, 0.1) is 0 Å². The standard InChI is InChI=1S/C21H20O2/c1-2-22-20-13-12-18-17-11-7-6-10-16(17)14-19(21(18)23-20)15-8-4-3-5-9-15/h3-11,14,20H,2,12-13H2,1H3. The van der Waals surface area contributed by atoms with Crippen molar-refractivity contribution in [2.75, 3.05) is 6.61 Å². The Kier molecular flexibility index (Phi) is 3.76. The van der Waals surface area contributed by atoms with Crippen LogP contribution in [0.25, 0.3) is 21.9 Å². The zero-order valence-corrected chi connectivity index (χ0v) is 13.3. The van der Waals surface area contributed by atoms with Crippen LogP contribution in [-0.4, -0.2) is 12.9 Å². The number of ether oxygens (including phenoxy) is 2. The van der Waals surface area contributed by atoms with Gasteiger partial charge in [-0.1, -0.05) is 54.6 Å². The SMILES string of the molecule is CCOC1CCc2c(c(-c3ccccc3)cc3ccccc23)O1. The quantitative estimate of drug-likeness (QED) is 0.662. The molecule has 4 rings (SSSR count). The fraction of sp³-hybridized carbons (Fsp3) is 0.238. The molecule has 1 heterocycles. The van der Waals surface area contributed by atoms with Crippen molar-refractivity contribution >= 4 is 10.8 Å². The van der Waals surface area contributed by atoms with Crippen molar-refractivity contribution in [2.45, 2.75) is 26.1 Å². The van der Waals surface area contributed by atoms with Crippen LogP contribution in [0.3, 0.4) is 0 Å². The van der Waals surface area contributed by atoms with Crippen molar-refractivity contribution < 1.29 is 9.47 Å². The second-order valence-corrected chi connectivity index (χ2v) is 5.86. The van der Waals surface area contributed by atoms with Crippen molar-refractivity contribution in [3.05, 3.63) is 66.2 Å². The second kappa shape index (κ2) is 6.05. The van der Waals surface area contributed by atoms with Crippen LogP contribution in [0.2, 0.25) is 0 Å². The third kappa shape index (κ3) is 2.60. The van der Waals surface area contributed by atoms with E-state index in [4.69, 9.17) is 9.47 Å². The van der Waals surface area contributed by atoms with E-state index >= 15 is 0 Å². The van der Waals surface area contributed by atoms with Crippen molar-refractivity contribution in [3.8, 4) is 16.9 Å². The van der Waals surface area contributed by atoms with Crippen molar-refractivity contribution in [1.82, 2.24) is 0 Å². The van der Waals surface area contributed by atoms with E-state index in [1.54, 1.807) is 0 Å². The molecule has 2 heteroatoms. The Balaban J connectivity index is 1.93. The molecule has 3 aromatic rings. The summed E-state index contributed by atoms with van der Waals surface area (Å²) in [4.78, 5) is 0. The molecule has 0 aromatic heterocycles. The van der Waals surface area contributed by atoms with Gasteiger partial charge in [0.2, 0.25) is 0 Å². The van der Waals surface area contributed by atoms with Crippen molar-refractivity contribution in [3.63, 3.8) is 0 Å². The zero-order valence-electron chi connectivity index (χ0n) is 13.3. The average molecular weight is 304 g/mol. The summed E-state index contributed by atoms with van der Waals surface area (Å²) in [7, 11) is 0. The van der Waals surface area contributed by atoms with Crippen LogP contribution >= 0.6 is 0 Å². The molecule has 23 heavy (non-hydrogen) atoms. The minimum atomic E-state index is -0.142. The zero-order chi connectivity index (χ0) is 15.6. The highest BCUT2D eigenvalue weighted by molar-refractivity contribution is 5.94. The maximum absolute atomic E-state index is 6.24. The molecule has 116 valence electrons. The molecule has 0 radical (unpaired) electrons. The van der Waals surface area contributed by atoms with Gasteiger partial charge in [0.1, 0.15) is 5.75 Å². The average Bonchev–Trinajstić information content (AvgIpc) is 2.62. The van der Waals surface area contributed by atoms with E-state index in [-0.39, 0.29) is 6.29 Å². The maximum Gasteiger partial charge on any atom is 0.200 e. The Bertz CT molecular complexity index is 824. The minimum absolute atomic E-state index is 0.142. The summed E-state index contributed by atoms with van der Waals surface area (Å²) in [5.41, 5.74) is 3.65. The van der Waals surface area contributed by atoms with E-state index in [0.29, 0.717) is 6.61 Å². The van der Waals surface area contributed by atoms with Gasteiger partial charge in [0, 0.05) is 24.2 Å². The summed E-state index contributed by atoms with van der Waals surface area (Å²) in [5.74, 6) is 0.986. The first kappa shape index (κ1) is 14.3. The summed E-state index contributed by atoms with van der Waals surface area (Å²) >= 11 is 0. The van der Waals surface area contributed by atoms with Crippen LogP contribution in [0.1, 0.15) is 18.9 Å². The Morgan fingerprint density at radius 1 is 1.04 bits per heavy atom. The Morgan fingerprint density at radius 2 is 1.83 bits per heavy atom. The van der Waals surface area contributed by atoms with Crippen LogP contribution in [0.15, 0.2) is 60.7 Å². The monoisotopic (exact) mass is 304 g/mol. The molecule has 0 spiro atoms. The Labute approximate surface area is 136 Å². The largest absolute Gasteiger partial charge is 0.464 e. The molecule has 1 atom stereocenters. The topological polar surface area (TPSA) is 18.5 Å². The minimum Gasteiger partial charge on any atom is -0.464 e. The summed E-state index contributed by atoms with van der Waals surface area (Å²) < 4.78 is 12.0. The van der Waals surface area contributed by atoms with E-state index in [9.17, 15) is 0 Å². The van der Waals surface area contributed by atoms with Crippen LogP contribution in [0.5, 0.6) is 5.75 Å². The van der Waals surface area contributed by atoms with E-state index in [1.807, 2.05) is 13.0 Å². The molecule has 0 fully saturated rings. The fourth-order valence-corrected chi connectivity index (χ4v) is 3.37. The normalized spacial score (nSPS) is 16.8. The molecule has 0 saturated heterocycles. The lowest BCUT2D eigenvalue weighted by molar-refractivity contribution is -0.0855. The van der Waals surface area contributed by atoms with Crippen molar-refractivity contribution in [1.29, 1.82) is 0 Å². The first-order chi connectivity index (χ1) is 11.4. The first-order valence-electron chi connectivity index (χ1n) is 8.25. The summed E-state index contributed by atoms with van der Waals surface area (Å²) in [6.45, 7) is 2.69. The molecule has 0 N–H and O–H groups in total.